The summed E-state index contributed by atoms with van der Waals surface area (Å²) in [6.45, 7) is 0.00297. The highest BCUT2D eigenvalue weighted by molar-refractivity contribution is 7.13. The average Bonchev–Trinajstić information content (AvgIpc) is 3.11. The van der Waals surface area contributed by atoms with E-state index in [1.54, 1.807) is 29.7 Å². The van der Waals surface area contributed by atoms with Gasteiger partial charge in [0.05, 0.1) is 6.42 Å². The molecule has 1 aliphatic heterocycles. The minimum absolute atomic E-state index is 0.0383. The zero-order valence-electron chi connectivity index (χ0n) is 12.9. The van der Waals surface area contributed by atoms with Gasteiger partial charge < -0.3 is 14.5 Å². The fraction of sp³-hybridized carbons (Fsp3) is 0.375. The van der Waals surface area contributed by atoms with E-state index < -0.39 is 6.61 Å². The third-order valence-corrected chi connectivity index (χ3v) is 4.66. The molecule has 128 valence electrons. The molecule has 0 radical (unpaired) electrons. The van der Waals surface area contributed by atoms with Crippen molar-refractivity contribution >= 4 is 22.4 Å². The standard InChI is InChI=1S/C16H17F2N3O2S/c17-15(18)23-13-3-1-12(2-4-13)11-14(22)20-6-8-21(9-7-20)16-19-5-10-24-16/h1-5,10,15H,6-9,11H2. The number of thiazole rings is 1. The second-order valence-corrected chi connectivity index (χ2v) is 6.25. The van der Waals surface area contributed by atoms with Crippen molar-refractivity contribution in [2.24, 2.45) is 0 Å². The lowest BCUT2D eigenvalue weighted by Gasteiger charge is -2.34. The molecule has 1 amide bonds. The summed E-state index contributed by atoms with van der Waals surface area (Å²) in [4.78, 5) is 20.6. The number of piperazine rings is 1. The van der Waals surface area contributed by atoms with Gasteiger partial charge in [-0.15, -0.1) is 11.3 Å². The molecule has 0 spiro atoms. The van der Waals surface area contributed by atoms with E-state index in [9.17, 15) is 13.6 Å². The van der Waals surface area contributed by atoms with Crippen LogP contribution in [0.5, 0.6) is 5.75 Å². The van der Waals surface area contributed by atoms with Gasteiger partial charge in [0.15, 0.2) is 5.13 Å². The normalized spacial score (nSPS) is 15.0. The van der Waals surface area contributed by atoms with Crippen LogP contribution in [-0.2, 0) is 11.2 Å². The smallest absolute Gasteiger partial charge is 0.387 e. The number of carbonyl (C=O) groups excluding carboxylic acids is 1. The van der Waals surface area contributed by atoms with Crippen LogP contribution in [0, 0.1) is 0 Å². The van der Waals surface area contributed by atoms with E-state index in [0.29, 0.717) is 13.1 Å². The van der Waals surface area contributed by atoms with Crippen molar-refractivity contribution in [1.82, 2.24) is 9.88 Å². The largest absolute Gasteiger partial charge is 0.435 e. The molecular formula is C16H17F2N3O2S. The van der Waals surface area contributed by atoms with Gasteiger partial charge in [0.25, 0.3) is 0 Å². The first-order valence-corrected chi connectivity index (χ1v) is 8.46. The number of carbonyl (C=O) groups is 1. The van der Waals surface area contributed by atoms with Gasteiger partial charge in [-0.1, -0.05) is 12.1 Å². The van der Waals surface area contributed by atoms with Crippen molar-refractivity contribution in [3.63, 3.8) is 0 Å². The van der Waals surface area contributed by atoms with Crippen molar-refractivity contribution in [1.29, 1.82) is 0 Å². The van der Waals surface area contributed by atoms with Gasteiger partial charge >= 0.3 is 6.61 Å². The molecule has 1 aliphatic rings. The first-order valence-electron chi connectivity index (χ1n) is 7.58. The summed E-state index contributed by atoms with van der Waals surface area (Å²) in [5, 5.41) is 2.92. The van der Waals surface area contributed by atoms with Crippen LogP contribution in [0.4, 0.5) is 13.9 Å². The Morgan fingerprint density at radius 2 is 1.92 bits per heavy atom. The second-order valence-electron chi connectivity index (χ2n) is 5.38. The van der Waals surface area contributed by atoms with Crippen molar-refractivity contribution in [2.75, 3.05) is 31.1 Å². The monoisotopic (exact) mass is 353 g/mol. The van der Waals surface area contributed by atoms with Crippen LogP contribution in [0.15, 0.2) is 35.8 Å². The Labute approximate surface area is 142 Å². The number of aromatic nitrogens is 1. The van der Waals surface area contributed by atoms with Crippen LogP contribution in [0.2, 0.25) is 0 Å². The minimum Gasteiger partial charge on any atom is -0.435 e. The number of amides is 1. The topological polar surface area (TPSA) is 45.7 Å². The zero-order valence-corrected chi connectivity index (χ0v) is 13.7. The number of rotatable bonds is 5. The molecule has 0 saturated carbocycles. The highest BCUT2D eigenvalue weighted by Gasteiger charge is 2.22. The molecule has 0 N–H and O–H groups in total. The highest BCUT2D eigenvalue weighted by atomic mass is 32.1. The summed E-state index contributed by atoms with van der Waals surface area (Å²) in [5.41, 5.74) is 0.781. The van der Waals surface area contributed by atoms with Crippen LogP contribution >= 0.6 is 11.3 Å². The average molecular weight is 353 g/mol. The lowest BCUT2D eigenvalue weighted by atomic mass is 10.1. The van der Waals surface area contributed by atoms with Gasteiger partial charge in [-0.05, 0) is 17.7 Å². The predicted molar refractivity (Wildman–Crippen MR) is 87.7 cm³/mol. The molecule has 1 aromatic carbocycles. The Bertz CT molecular complexity index is 656. The number of ether oxygens (including phenoxy) is 1. The van der Waals surface area contributed by atoms with Crippen molar-refractivity contribution in [3.05, 3.63) is 41.4 Å². The van der Waals surface area contributed by atoms with Gasteiger partial charge in [0, 0.05) is 37.8 Å². The number of benzene rings is 1. The fourth-order valence-electron chi connectivity index (χ4n) is 2.59. The van der Waals surface area contributed by atoms with E-state index >= 15 is 0 Å². The Morgan fingerprint density at radius 3 is 2.50 bits per heavy atom. The van der Waals surface area contributed by atoms with Gasteiger partial charge in [0.2, 0.25) is 5.91 Å². The summed E-state index contributed by atoms with van der Waals surface area (Å²) < 4.78 is 28.5. The zero-order chi connectivity index (χ0) is 16.9. The molecule has 24 heavy (non-hydrogen) atoms. The quantitative estimate of drug-likeness (QED) is 0.829. The van der Waals surface area contributed by atoms with Crippen molar-refractivity contribution < 1.29 is 18.3 Å². The number of nitrogens with zero attached hydrogens (tertiary/aromatic N) is 3. The summed E-state index contributed by atoms with van der Waals surface area (Å²) in [5.74, 6) is 0.134. The highest BCUT2D eigenvalue weighted by Crippen LogP contribution is 2.20. The second kappa shape index (κ2) is 7.57. The first kappa shape index (κ1) is 16.6. The predicted octanol–water partition coefficient (Wildman–Crippen LogP) is 2.64. The molecule has 2 aromatic rings. The van der Waals surface area contributed by atoms with E-state index in [1.165, 1.54) is 12.1 Å². The Morgan fingerprint density at radius 1 is 1.21 bits per heavy atom. The maximum absolute atomic E-state index is 12.4. The Hall–Kier alpha value is -2.22. The number of anilines is 1. The van der Waals surface area contributed by atoms with E-state index in [4.69, 9.17) is 0 Å². The van der Waals surface area contributed by atoms with Crippen LogP contribution in [0.3, 0.4) is 0 Å². The molecule has 3 rings (SSSR count). The van der Waals surface area contributed by atoms with Crippen LogP contribution in [0.25, 0.3) is 0 Å². The molecule has 1 aromatic heterocycles. The van der Waals surface area contributed by atoms with E-state index in [1.807, 2.05) is 10.3 Å². The number of alkyl halides is 2. The Balaban J connectivity index is 1.50. The summed E-state index contributed by atoms with van der Waals surface area (Å²) in [7, 11) is 0. The number of hydrogen-bond acceptors (Lipinski definition) is 5. The maximum Gasteiger partial charge on any atom is 0.387 e. The lowest BCUT2D eigenvalue weighted by molar-refractivity contribution is -0.130. The SMILES string of the molecule is O=C(Cc1ccc(OC(F)F)cc1)N1CCN(c2nccs2)CC1. The van der Waals surface area contributed by atoms with Crippen molar-refractivity contribution in [2.45, 2.75) is 13.0 Å². The van der Waals surface area contributed by atoms with Gasteiger partial charge in [0.1, 0.15) is 5.75 Å². The molecular weight excluding hydrogens is 336 g/mol. The summed E-state index contributed by atoms with van der Waals surface area (Å²) in [6, 6.07) is 6.19. The molecule has 1 fully saturated rings. The molecule has 0 atom stereocenters. The molecule has 2 heterocycles. The Kier molecular flexibility index (Phi) is 5.24. The lowest BCUT2D eigenvalue weighted by Crippen LogP contribution is -2.49. The molecule has 5 nitrogen and oxygen atoms in total. The molecule has 1 saturated heterocycles. The molecule has 8 heteroatoms. The van der Waals surface area contributed by atoms with E-state index in [2.05, 4.69) is 14.6 Å². The number of halogens is 2. The van der Waals surface area contributed by atoms with Crippen LogP contribution in [-0.4, -0.2) is 48.6 Å². The maximum atomic E-state index is 12.4. The molecule has 0 aliphatic carbocycles. The summed E-state index contributed by atoms with van der Waals surface area (Å²) in [6.07, 6.45) is 2.03. The van der Waals surface area contributed by atoms with Gasteiger partial charge in [-0.25, -0.2) is 4.98 Å². The van der Waals surface area contributed by atoms with Crippen molar-refractivity contribution in [3.8, 4) is 5.75 Å². The fourth-order valence-corrected chi connectivity index (χ4v) is 3.29. The third-order valence-electron chi connectivity index (χ3n) is 3.83. The minimum atomic E-state index is -2.84. The van der Waals surface area contributed by atoms with E-state index in [-0.39, 0.29) is 18.1 Å². The summed E-state index contributed by atoms with van der Waals surface area (Å²) >= 11 is 1.59. The molecule has 0 unspecified atom stereocenters. The van der Waals surface area contributed by atoms with Crippen LogP contribution < -0.4 is 9.64 Å². The first-order chi connectivity index (χ1) is 11.6. The third kappa shape index (κ3) is 4.19. The van der Waals surface area contributed by atoms with Gasteiger partial charge in [-0.2, -0.15) is 8.78 Å². The van der Waals surface area contributed by atoms with Gasteiger partial charge in [-0.3, -0.25) is 4.79 Å². The number of hydrogen-bond donors (Lipinski definition) is 0. The van der Waals surface area contributed by atoms with E-state index in [0.717, 1.165) is 23.8 Å². The molecule has 0 bridgehead atoms. The van der Waals surface area contributed by atoms with Crippen LogP contribution in [0.1, 0.15) is 5.56 Å².